The molecule has 32 heavy (non-hydrogen) atoms. The minimum atomic E-state index is -0.763. The van der Waals surface area contributed by atoms with Crippen molar-refractivity contribution >= 4 is 17.6 Å². The Hall–Kier alpha value is -3.51. The third kappa shape index (κ3) is 4.01. The van der Waals surface area contributed by atoms with E-state index < -0.39 is 11.9 Å². The highest BCUT2D eigenvalue weighted by molar-refractivity contribution is 6.30. The average molecular weight is 451 g/mol. The van der Waals surface area contributed by atoms with Crippen LogP contribution in [0.1, 0.15) is 28.3 Å². The summed E-state index contributed by atoms with van der Waals surface area (Å²) in [6.45, 7) is 2.33. The lowest BCUT2D eigenvalue weighted by Gasteiger charge is -2.29. The molecule has 0 fully saturated rings. The largest absolute Gasteiger partial charge is 0.465 e. The summed E-state index contributed by atoms with van der Waals surface area (Å²) in [5.74, 6) is -1.18. The number of fused-ring (bicyclic) bond motifs is 1. The van der Waals surface area contributed by atoms with Crippen LogP contribution < -0.4 is 16.0 Å². The van der Waals surface area contributed by atoms with Crippen molar-refractivity contribution in [1.82, 2.24) is 4.57 Å². The van der Waals surface area contributed by atoms with Crippen molar-refractivity contribution in [3.05, 3.63) is 110 Å². The number of nitrogens with zero attached hydrogens (tertiary/aromatic N) is 1. The molecule has 164 valence electrons. The SMILES string of the molecule is COC(=O)C1=C(N)Oc2cc(C)n(CCc3ccccc3)c(=O)c2[C@H]1c1cccc(Cl)c1. The van der Waals surface area contributed by atoms with E-state index in [2.05, 4.69) is 0 Å². The van der Waals surface area contributed by atoms with Crippen molar-refractivity contribution in [2.45, 2.75) is 25.8 Å². The Labute approximate surface area is 190 Å². The van der Waals surface area contributed by atoms with Gasteiger partial charge in [0.2, 0.25) is 5.88 Å². The van der Waals surface area contributed by atoms with Crippen LogP contribution in [0, 0.1) is 6.92 Å². The van der Waals surface area contributed by atoms with Crippen LogP contribution in [0.3, 0.4) is 0 Å². The van der Waals surface area contributed by atoms with Gasteiger partial charge in [-0.2, -0.15) is 0 Å². The molecule has 2 heterocycles. The maximum atomic E-state index is 13.7. The van der Waals surface area contributed by atoms with Crippen LogP contribution in [0.15, 0.2) is 76.9 Å². The van der Waals surface area contributed by atoms with E-state index in [4.69, 9.17) is 26.8 Å². The lowest BCUT2D eigenvalue weighted by molar-refractivity contribution is -0.136. The molecule has 0 spiro atoms. The Balaban J connectivity index is 1.87. The first kappa shape index (κ1) is 21.7. The quantitative estimate of drug-likeness (QED) is 0.595. The number of halogens is 1. The summed E-state index contributed by atoms with van der Waals surface area (Å²) in [4.78, 5) is 26.4. The molecule has 0 unspecified atom stereocenters. The van der Waals surface area contributed by atoms with Gasteiger partial charge in [-0.05, 0) is 36.6 Å². The molecule has 2 aromatic carbocycles. The zero-order valence-corrected chi connectivity index (χ0v) is 18.6. The van der Waals surface area contributed by atoms with E-state index in [1.807, 2.05) is 37.3 Å². The van der Waals surface area contributed by atoms with Gasteiger partial charge in [-0.1, -0.05) is 54.1 Å². The molecule has 1 aromatic heterocycles. The average Bonchev–Trinajstić information content (AvgIpc) is 2.78. The summed E-state index contributed by atoms with van der Waals surface area (Å²) in [5.41, 5.74) is 8.81. The first-order valence-electron chi connectivity index (χ1n) is 10.2. The number of esters is 1. The summed E-state index contributed by atoms with van der Waals surface area (Å²) in [5, 5.41) is 0.481. The molecule has 1 aliphatic heterocycles. The molecule has 0 bridgehead atoms. The molecule has 0 radical (unpaired) electrons. The van der Waals surface area contributed by atoms with Gasteiger partial charge in [-0.15, -0.1) is 0 Å². The molecular formula is C25H23ClN2O4. The number of methoxy groups -OCH3 is 1. The van der Waals surface area contributed by atoms with E-state index in [1.165, 1.54) is 7.11 Å². The summed E-state index contributed by atoms with van der Waals surface area (Å²) in [6, 6.07) is 18.7. The van der Waals surface area contributed by atoms with Crippen molar-refractivity contribution < 1.29 is 14.3 Å². The minimum Gasteiger partial charge on any atom is -0.465 e. The van der Waals surface area contributed by atoms with E-state index >= 15 is 0 Å². The van der Waals surface area contributed by atoms with Gasteiger partial charge in [-0.3, -0.25) is 4.79 Å². The maximum absolute atomic E-state index is 13.7. The smallest absolute Gasteiger partial charge is 0.340 e. The van der Waals surface area contributed by atoms with Gasteiger partial charge in [0.1, 0.15) is 11.3 Å². The van der Waals surface area contributed by atoms with Gasteiger partial charge in [-0.25, -0.2) is 4.79 Å². The number of carbonyl (C=O) groups excluding carboxylic acids is 1. The Kier molecular flexibility index (Phi) is 6.06. The molecule has 7 heteroatoms. The third-order valence-electron chi connectivity index (χ3n) is 5.62. The highest BCUT2D eigenvalue weighted by Crippen LogP contribution is 2.41. The maximum Gasteiger partial charge on any atom is 0.340 e. The molecule has 4 rings (SSSR count). The van der Waals surface area contributed by atoms with Gasteiger partial charge in [0, 0.05) is 23.3 Å². The Morgan fingerprint density at radius 1 is 1.16 bits per heavy atom. The first-order valence-corrected chi connectivity index (χ1v) is 10.6. The fourth-order valence-electron chi connectivity index (χ4n) is 4.08. The minimum absolute atomic E-state index is 0.0813. The predicted molar refractivity (Wildman–Crippen MR) is 123 cm³/mol. The van der Waals surface area contributed by atoms with Gasteiger partial charge >= 0.3 is 5.97 Å². The Morgan fingerprint density at radius 3 is 2.59 bits per heavy atom. The highest BCUT2D eigenvalue weighted by atomic mass is 35.5. The number of aryl methyl sites for hydroxylation is 2. The van der Waals surface area contributed by atoms with E-state index in [0.29, 0.717) is 34.9 Å². The molecule has 0 amide bonds. The third-order valence-corrected chi connectivity index (χ3v) is 5.86. The van der Waals surface area contributed by atoms with Crippen LogP contribution in [0.5, 0.6) is 5.75 Å². The molecule has 0 saturated heterocycles. The first-order chi connectivity index (χ1) is 15.4. The standard InChI is InChI=1S/C25H23ClN2O4/c1-15-13-19-21(24(29)28(15)12-11-16-7-4-3-5-8-16)20(17-9-6-10-18(26)14-17)22(23(27)32-19)25(30)31-2/h3-10,13-14,20H,11-12,27H2,1-2H3/t20-/m1/s1. The summed E-state index contributed by atoms with van der Waals surface area (Å²) < 4.78 is 12.4. The van der Waals surface area contributed by atoms with Crippen LogP contribution in [-0.4, -0.2) is 17.6 Å². The van der Waals surface area contributed by atoms with E-state index in [-0.39, 0.29) is 17.0 Å². The fraction of sp³-hybridized carbons (Fsp3) is 0.200. The second-order valence-corrected chi connectivity index (χ2v) is 8.05. The van der Waals surface area contributed by atoms with Gasteiger partial charge < -0.3 is 19.8 Å². The zero-order valence-electron chi connectivity index (χ0n) is 17.8. The van der Waals surface area contributed by atoms with Crippen LogP contribution >= 0.6 is 11.6 Å². The number of benzene rings is 2. The number of carbonyl (C=O) groups is 1. The van der Waals surface area contributed by atoms with Crippen LogP contribution in [0.2, 0.25) is 5.02 Å². The van der Waals surface area contributed by atoms with Crippen molar-refractivity contribution in [1.29, 1.82) is 0 Å². The number of nitrogens with two attached hydrogens (primary N) is 1. The molecule has 1 atom stereocenters. The molecule has 6 nitrogen and oxygen atoms in total. The predicted octanol–water partition coefficient (Wildman–Crippen LogP) is 3.92. The van der Waals surface area contributed by atoms with Crippen LogP contribution in [-0.2, 0) is 22.5 Å². The van der Waals surface area contributed by atoms with Crippen LogP contribution in [0.25, 0.3) is 0 Å². The molecule has 3 aromatic rings. The second-order valence-electron chi connectivity index (χ2n) is 7.62. The molecular weight excluding hydrogens is 428 g/mol. The Bertz CT molecular complexity index is 1260. The van der Waals surface area contributed by atoms with Crippen molar-refractivity contribution in [3.8, 4) is 5.75 Å². The highest BCUT2D eigenvalue weighted by Gasteiger charge is 2.38. The zero-order chi connectivity index (χ0) is 22.8. The fourth-order valence-corrected chi connectivity index (χ4v) is 4.28. The van der Waals surface area contributed by atoms with Crippen molar-refractivity contribution in [3.63, 3.8) is 0 Å². The van der Waals surface area contributed by atoms with Gasteiger partial charge in [0.05, 0.1) is 18.6 Å². The number of rotatable bonds is 5. The summed E-state index contributed by atoms with van der Waals surface area (Å²) in [6.07, 6.45) is 0.685. The normalized spacial score (nSPS) is 15.2. The van der Waals surface area contributed by atoms with Gasteiger partial charge in [0.15, 0.2) is 0 Å². The van der Waals surface area contributed by atoms with Crippen molar-refractivity contribution in [2.24, 2.45) is 5.73 Å². The number of hydrogen-bond donors (Lipinski definition) is 1. The van der Waals surface area contributed by atoms with Crippen LogP contribution in [0.4, 0.5) is 0 Å². The molecule has 2 N–H and O–H groups in total. The second kappa shape index (κ2) is 8.93. The number of ether oxygens (including phenoxy) is 2. The van der Waals surface area contributed by atoms with E-state index in [0.717, 1.165) is 11.3 Å². The molecule has 1 aliphatic rings. The van der Waals surface area contributed by atoms with E-state index in [1.54, 1.807) is 34.9 Å². The lowest BCUT2D eigenvalue weighted by atomic mass is 9.83. The molecule has 0 aliphatic carbocycles. The summed E-state index contributed by atoms with van der Waals surface area (Å²) >= 11 is 6.22. The number of aromatic nitrogens is 1. The number of hydrogen-bond acceptors (Lipinski definition) is 5. The topological polar surface area (TPSA) is 83.5 Å². The monoisotopic (exact) mass is 450 g/mol. The lowest BCUT2D eigenvalue weighted by Crippen LogP contribution is -2.35. The van der Waals surface area contributed by atoms with Crippen molar-refractivity contribution in [2.75, 3.05) is 7.11 Å². The molecule has 0 saturated carbocycles. The van der Waals surface area contributed by atoms with E-state index in [9.17, 15) is 9.59 Å². The Morgan fingerprint density at radius 2 is 1.91 bits per heavy atom. The number of pyridine rings is 1. The summed E-state index contributed by atoms with van der Waals surface area (Å²) in [7, 11) is 1.26. The van der Waals surface area contributed by atoms with Gasteiger partial charge in [0.25, 0.3) is 5.56 Å².